The highest BCUT2D eigenvalue weighted by Crippen LogP contribution is 2.18. The molecule has 0 saturated carbocycles. The second-order valence-corrected chi connectivity index (χ2v) is 2.38. The van der Waals surface area contributed by atoms with Crippen LogP contribution in [-0.4, -0.2) is 12.2 Å². The molecule has 76 valence electrons. The molecule has 0 heterocycles. The van der Waals surface area contributed by atoms with Crippen molar-refractivity contribution < 1.29 is 26.7 Å². The third-order valence-electron chi connectivity index (χ3n) is 1.49. The van der Waals surface area contributed by atoms with Gasteiger partial charge in [0.25, 0.3) is 0 Å². The molecule has 1 aromatic carbocycles. The van der Waals surface area contributed by atoms with Gasteiger partial charge in [-0.1, -0.05) is 0 Å². The Morgan fingerprint density at radius 3 is 2.07 bits per heavy atom. The topological polar surface area (TPSA) is 17.1 Å². The molecule has 0 saturated heterocycles. The number of ketones is 1. The minimum Gasteiger partial charge on any atom is -0.287 e. The Hall–Kier alpha value is -1.46. The average molecular weight is 210 g/mol. The molecule has 0 atom stereocenters. The van der Waals surface area contributed by atoms with Gasteiger partial charge in [-0.3, -0.25) is 4.79 Å². The number of benzene rings is 1. The molecule has 14 heavy (non-hydrogen) atoms. The highest BCUT2D eigenvalue weighted by molar-refractivity contribution is 5.98. The van der Waals surface area contributed by atoms with Gasteiger partial charge in [0, 0.05) is 0 Å². The predicted molar refractivity (Wildman–Crippen MR) is 36.7 cm³/mol. The molecule has 1 nitrogen and oxygen atoms in total. The smallest absolute Gasteiger partial charge is 0.287 e. The number of rotatable bonds is 2. The molecule has 1 aromatic rings. The van der Waals surface area contributed by atoms with Gasteiger partial charge in [-0.2, -0.15) is 0 Å². The van der Waals surface area contributed by atoms with Crippen LogP contribution in [0.15, 0.2) is 12.1 Å². The Morgan fingerprint density at radius 1 is 1.07 bits per heavy atom. The number of hydrogen-bond donors (Lipinski definition) is 0. The quantitative estimate of drug-likeness (QED) is 0.416. The highest BCUT2D eigenvalue weighted by Gasteiger charge is 2.27. The van der Waals surface area contributed by atoms with Crippen LogP contribution in [0.3, 0.4) is 0 Å². The molecular weight excluding hydrogens is 207 g/mol. The molecule has 0 aromatic heterocycles. The molecule has 0 fully saturated rings. The summed E-state index contributed by atoms with van der Waals surface area (Å²) in [6.07, 6.45) is -3.57. The maximum absolute atomic E-state index is 12.7. The average Bonchev–Trinajstić information content (AvgIpc) is 2.12. The van der Waals surface area contributed by atoms with Crippen LogP contribution in [0.4, 0.5) is 22.0 Å². The van der Waals surface area contributed by atoms with Gasteiger partial charge in [-0.05, 0) is 12.1 Å². The first-order valence-electron chi connectivity index (χ1n) is 3.41. The molecule has 0 aliphatic carbocycles. The monoisotopic (exact) mass is 210 g/mol. The third kappa shape index (κ3) is 1.73. The molecule has 0 radical (unpaired) electrons. The van der Waals surface area contributed by atoms with Crippen molar-refractivity contribution in [1.82, 2.24) is 0 Å². The van der Waals surface area contributed by atoms with Gasteiger partial charge in [-0.15, -0.1) is 0 Å². The van der Waals surface area contributed by atoms with E-state index >= 15 is 0 Å². The van der Waals surface area contributed by atoms with Gasteiger partial charge in [0.2, 0.25) is 5.78 Å². The molecular formula is C8H3F5O. The van der Waals surface area contributed by atoms with E-state index in [1.807, 2.05) is 0 Å². The zero-order valence-electron chi connectivity index (χ0n) is 6.53. The molecule has 0 aliphatic rings. The van der Waals surface area contributed by atoms with E-state index in [9.17, 15) is 26.7 Å². The van der Waals surface area contributed by atoms with Crippen molar-refractivity contribution >= 4 is 5.78 Å². The van der Waals surface area contributed by atoms with E-state index < -0.39 is 35.2 Å². The van der Waals surface area contributed by atoms with Gasteiger partial charge in [0.15, 0.2) is 11.6 Å². The van der Waals surface area contributed by atoms with E-state index in [4.69, 9.17) is 0 Å². The van der Waals surface area contributed by atoms with Gasteiger partial charge in [0.1, 0.15) is 5.82 Å². The lowest BCUT2D eigenvalue weighted by Crippen LogP contribution is -2.15. The Balaban J connectivity index is 3.33. The maximum atomic E-state index is 12.7. The van der Waals surface area contributed by atoms with E-state index in [0.29, 0.717) is 12.1 Å². The summed E-state index contributed by atoms with van der Waals surface area (Å²) in [7, 11) is 0. The van der Waals surface area contributed by atoms with Crippen molar-refractivity contribution in [2.24, 2.45) is 0 Å². The van der Waals surface area contributed by atoms with E-state index in [1.165, 1.54) is 0 Å². The van der Waals surface area contributed by atoms with Crippen LogP contribution < -0.4 is 0 Å². The Morgan fingerprint density at radius 2 is 1.57 bits per heavy atom. The number of Topliss-reactive ketones (excluding diaryl/α,β-unsaturated/α-hetero) is 1. The first-order chi connectivity index (χ1) is 6.45. The van der Waals surface area contributed by atoms with Crippen LogP contribution in [0.5, 0.6) is 0 Å². The number of hydrogen-bond acceptors (Lipinski definition) is 1. The third-order valence-corrected chi connectivity index (χ3v) is 1.49. The van der Waals surface area contributed by atoms with Gasteiger partial charge < -0.3 is 0 Å². The maximum Gasteiger partial charge on any atom is 0.300 e. The number of carbonyl (C=O) groups excluding carboxylic acids is 1. The summed E-state index contributed by atoms with van der Waals surface area (Å²) in [5.41, 5.74) is -1.54. The normalized spacial score (nSPS) is 10.7. The second-order valence-electron chi connectivity index (χ2n) is 2.38. The Labute approximate surface area is 75.2 Å². The summed E-state index contributed by atoms with van der Waals surface area (Å²) in [5, 5.41) is 0. The predicted octanol–water partition coefficient (Wildman–Crippen LogP) is 2.55. The SMILES string of the molecule is O=C(c1c(F)ccc(F)c1F)C(F)F. The molecule has 0 spiro atoms. The highest BCUT2D eigenvalue weighted by atomic mass is 19.3. The standard InChI is InChI=1S/C8H3F5O/c9-3-1-2-4(10)6(11)5(3)7(14)8(12)13/h1-2,8H. The molecule has 1 rings (SSSR count). The zero-order valence-corrected chi connectivity index (χ0v) is 6.53. The number of alkyl halides is 2. The van der Waals surface area contributed by atoms with Crippen molar-refractivity contribution in [3.63, 3.8) is 0 Å². The number of halogens is 5. The first-order valence-corrected chi connectivity index (χ1v) is 3.41. The first kappa shape index (κ1) is 10.6. The van der Waals surface area contributed by atoms with Crippen LogP contribution >= 0.6 is 0 Å². The zero-order chi connectivity index (χ0) is 10.9. The minimum atomic E-state index is -3.57. The molecule has 0 unspecified atom stereocenters. The summed E-state index contributed by atoms with van der Waals surface area (Å²) >= 11 is 0. The van der Waals surface area contributed by atoms with Gasteiger partial charge in [-0.25, -0.2) is 22.0 Å². The second kappa shape index (κ2) is 3.73. The fourth-order valence-electron chi connectivity index (χ4n) is 0.862. The van der Waals surface area contributed by atoms with Crippen molar-refractivity contribution in [1.29, 1.82) is 0 Å². The summed E-state index contributed by atoms with van der Waals surface area (Å²) in [6, 6.07) is 0.820. The molecule has 0 bridgehead atoms. The summed E-state index contributed by atoms with van der Waals surface area (Å²) in [5.74, 6) is -7.01. The largest absolute Gasteiger partial charge is 0.300 e. The summed E-state index contributed by atoms with van der Waals surface area (Å²) in [6.45, 7) is 0. The summed E-state index contributed by atoms with van der Waals surface area (Å²) < 4.78 is 61.4. The van der Waals surface area contributed by atoms with Crippen LogP contribution in [-0.2, 0) is 0 Å². The fourth-order valence-corrected chi connectivity index (χ4v) is 0.862. The lowest BCUT2D eigenvalue weighted by atomic mass is 10.1. The Kier molecular flexibility index (Phi) is 2.83. The number of carbonyl (C=O) groups is 1. The van der Waals surface area contributed by atoms with Crippen molar-refractivity contribution in [2.75, 3.05) is 0 Å². The van der Waals surface area contributed by atoms with Crippen LogP contribution in [0.2, 0.25) is 0 Å². The molecule has 6 heteroatoms. The van der Waals surface area contributed by atoms with E-state index in [-0.39, 0.29) is 0 Å². The molecule has 0 aliphatic heterocycles. The van der Waals surface area contributed by atoms with Crippen LogP contribution in [0.25, 0.3) is 0 Å². The van der Waals surface area contributed by atoms with Gasteiger partial charge >= 0.3 is 6.43 Å². The minimum absolute atomic E-state index is 0.410. The van der Waals surface area contributed by atoms with E-state index in [1.54, 1.807) is 0 Å². The lowest BCUT2D eigenvalue weighted by Gasteiger charge is -2.03. The van der Waals surface area contributed by atoms with Crippen molar-refractivity contribution in [2.45, 2.75) is 6.43 Å². The van der Waals surface area contributed by atoms with Gasteiger partial charge in [0.05, 0.1) is 5.56 Å². The van der Waals surface area contributed by atoms with Crippen LogP contribution in [0, 0.1) is 17.5 Å². The van der Waals surface area contributed by atoms with E-state index in [0.717, 1.165) is 0 Å². The summed E-state index contributed by atoms with van der Waals surface area (Å²) in [4.78, 5) is 10.5. The molecule has 0 amide bonds. The molecule has 0 N–H and O–H groups in total. The van der Waals surface area contributed by atoms with E-state index in [2.05, 4.69) is 0 Å². The Bertz CT molecular complexity index is 374. The van der Waals surface area contributed by atoms with Crippen molar-refractivity contribution in [3.8, 4) is 0 Å². The lowest BCUT2D eigenvalue weighted by molar-refractivity contribution is 0.0668. The van der Waals surface area contributed by atoms with Crippen molar-refractivity contribution in [3.05, 3.63) is 35.1 Å². The van der Waals surface area contributed by atoms with Crippen LogP contribution in [0.1, 0.15) is 10.4 Å². The fraction of sp³-hybridized carbons (Fsp3) is 0.125.